The first-order valence-corrected chi connectivity index (χ1v) is 11.0. The molecule has 5 nitrogen and oxygen atoms in total. The molecule has 1 N–H and O–H groups in total. The molecule has 0 bridgehead atoms. The van der Waals surface area contributed by atoms with E-state index in [0.717, 1.165) is 35.5 Å². The van der Waals surface area contributed by atoms with Crippen molar-refractivity contribution in [3.8, 4) is 0 Å². The third-order valence-corrected chi connectivity index (χ3v) is 6.06. The molecule has 3 rings (SSSR count). The number of carbonyl (C=O) groups excluding carboxylic acids is 1. The third kappa shape index (κ3) is 6.10. The van der Waals surface area contributed by atoms with E-state index in [1.807, 2.05) is 81.2 Å². The van der Waals surface area contributed by atoms with Gasteiger partial charge in [-0.2, -0.15) is 5.10 Å². The maximum atomic E-state index is 13.1. The van der Waals surface area contributed by atoms with Crippen LogP contribution in [-0.2, 0) is 6.54 Å². The standard InChI is InChI=1S/C24H28Cl2N4O/c1-16-23(26)17(2)30(28-16)15-18-6-5-7-20(14-18)24(31)27-22(12-13-29(3)4)19-8-10-21(25)11-9-19/h5-11,14,22H,12-13,15H2,1-4H3,(H,27,31). The van der Waals surface area contributed by atoms with Crippen LogP contribution in [0.15, 0.2) is 48.5 Å². The maximum Gasteiger partial charge on any atom is 0.251 e. The summed E-state index contributed by atoms with van der Waals surface area (Å²) in [6, 6.07) is 15.2. The lowest BCUT2D eigenvalue weighted by Gasteiger charge is -2.21. The molecular formula is C24H28Cl2N4O. The molecule has 1 atom stereocenters. The van der Waals surface area contributed by atoms with Crippen LogP contribution >= 0.6 is 23.2 Å². The summed E-state index contributed by atoms with van der Waals surface area (Å²) in [5, 5.41) is 9.03. The summed E-state index contributed by atoms with van der Waals surface area (Å²) in [4.78, 5) is 15.2. The van der Waals surface area contributed by atoms with Gasteiger partial charge in [0, 0.05) is 10.6 Å². The van der Waals surface area contributed by atoms with E-state index in [-0.39, 0.29) is 11.9 Å². The van der Waals surface area contributed by atoms with Crippen molar-refractivity contribution in [2.24, 2.45) is 0 Å². The summed E-state index contributed by atoms with van der Waals surface area (Å²) >= 11 is 12.3. The minimum atomic E-state index is -0.106. The van der Waals surface area contributed by atoms with Gasteiger partial charge in [-0.15, -0.1) is 0 Å². The molecule has 1 amide bonds. The number of carbonyl (C=O) groups is 1. The quantitative estimate of drug-likeness (QED) is 0.499. The van der Waals surface area contributed by atoms with Gasteiger partial charge in [-0.25, -0.2) is 0 Å². The van der Waals surface area contributed by atoms with E-state index in [0.29, 0.717) is 22.2 Å². The summed E-state index contributed by atoms with van der Waals surface area (Å²) in [7, 11) is 4.05. The van der Waals surface area contributed by atoms with Gasteiger partial charge in [0.25, 0.3) is 5.91 Å². The zero-order valence-corrected chi connectivity index (χ0v) is 19.8. The number of aromatic nitrogens is 2. The largest absolute Gasteiger partial charge is 0.345 e. The molecular weight excluding hydrogens is 431 g/mol. The molecule has 1 heterocycles. The SMILES string of the molecule is Cc1nn(Cc2cccc(C(=O)NC(CCN(C)C)c3ccc(Cl)cc3)c2)c(C)c1Cl. The molecule has 0 aliphatic heterocycles. The summed E-state index contributed by atoms with van der Waals surface area (Å²) in [5.41, 5.74) is 4.37. The molecule has 0 saturated heterocycles. The number of hydrogen-bond donors (Lipinski definition) is 1. The van der Waals surface area contributed by atoms with E-state index >= 15 is 0 Å². The van der Waals surface area contributed by atoms with E-state index in [1.165, 1.54) is 0 Å². The molecule has 164 valence electrons. The smallest absolute Gasteiger partial charge is 0.251 e. The number of halogens is 2. The number of nitrogens with zero attached hydrogens (tertiary/aromatic N) is 3. The Bertz CT molecular complexity index is 1040. The molecule has 1 unspecified atom stereocenters. The number of amides is 1. The van der Waals surface area contributed by atoms with Gasteiger partial charge < -0.3 is 10.2 Å². The van der Waals surface area contributed by atoms with Gasteiger partial charge in [0.1, 0.15) is 0 Å². The second-order valence-corrected chi connectivity index (χ2v) is 8.83. The fraction of sp³-hybridized carbons (Fsp3) is 0.333. The van der Waals surface area contributed by atoms with E-state index in [9.17, 15) is 4.79 Å². The topological polar surface area (TPSA) is 50.2 Å². The number of nitrogens with one attached hydrogen (secondary N) is 1. The minimum Gasteiger partial charge on any atom is -0.345 e. The van der Waals surface area contributed by atoms with E-state index < -0.39 is 0 Å². The summed E-state index contributed by atoms with van der Waals surface area (Å²) in [6.07, 6.45) is 0.796. The third-order valence-electron chi connectivity index (χ3n) is 5.26. The van der Waals surface area contributed by atoms with Crippen molar-refractivity contribution in [2.45, 2.75) is 32.9 Å². The Morgan fingerprint density at radius 1 is 1.13 bits per heavy atom. The van der Waals surface area contributed by atoms with E-state index in [2.05, 4.69) is 15.3 Å². The molecule has 7 heteroatoms. The van der Waals surface area contributed by atoms with Gasteiger partial charge in [0.05, 0.1) is 29.0 Å². The second-order valence-electron chi connectivity index (χ2n) is 8.01. The monoisotopic (exact) mass is 458 g/mol. The average Bonchev–Trinajstić information content (AvgIpc) is 2.98. The highest BCUT2D eigenvalue weighted by atomic mass is 35.5. The maximum absolute atomic E-state index is 13.1. The van der Waals surface area contributed by atoms with Crippen LogP contribution in [0.5, 0.6) is 0 Å². The Balaban J connectivity index is 1.77. The molecule has 0 saturated carbocycles. The van der Waals surface area contributed by atoms with Crippen molar-refractivity contribution in [1.29, 1.82) is 0 Å². The van der Waals surface area contributed by atoms with Crippen molar-refractivity contribution in [3.05, 3.63) is 86.7 Å². The molecule has 1 aromatic heterocycles. The summed E-state index contributed by atoms with van der Waals surface area (Å²) in [5.74, 6) is -0.105. The second kappa shape index (κ2) is 10.3. The Hall–Kier alpha value is -2.34. The Kier molecular flexibility index (Phi) is 7.76. The molecule has 0 aliphatic rings. The van der Waals surface area contributed by atoms with Gasteiger partial charge >= 0.3 is 0 Å². The first-order chi connectivity index (χ1) is 14.7. The van der Waals surface area contributed by atoms with Crippen molar-refractivity contribution in [3.63, 3.8) is 0 Å². The van der Waals surface area contributed by atoms with Crippen LogP contribution in [0, 0.1) is 13.8 Å². The fourth-order valence-electron chi connectivity index (χ4n) is 3.46. The van der Waals surface area contributed by atoms with Gasteiger partial charge in [0.15, 0.2) is 0 Å². The predicted molar refractivity (Wildman–Crippen MR) is 127 cm³/mol. The van der Waals surface area contributed by atoms with Crippen LogP contribution in [0.1, 0.15) is 45.3 Å². The van der Waals surface area contributed by atoms with Gasteiger partial charge in [-0.05, 0) is 76.3 Å². The number of hydrogen-bond acceptors (Lipinski definition) is 3. The molecule has 31 heavy (non-hydrogen) atoms. The van der Waals surface area contributed by atoms with Crippen molar-refractivity contribution >= 4 is 29.1 Å². The molecule has 0 spiro atoms. The van der Waals surface area contributed by atoms with E-state index in [1.54, 1.807) is 0 Å². The fourth-order valence-corrected chi connectivity index (χ4v) is 3.72. The number of benzene rings is 2. The normalized spacial score (nSPS) is 12.2. The highest BCUT2D eigenvalue weighted by molar-refractivity contribution is 6.31. The lowest BCUT2D eigenvalue weighted by Crippen LogP contribution is -2.31. The van der Waals surface area contributed by atoms with Crippen LogP contribution in [-0.4, -0.2) is 41.2 Å². The van der Waals surface area contributed by atoms with Crippen LogP contribution in [0.25, 0.3) is 0 Å². The van der Waals surface area contributed by atoms with Gasteiger partial charge in [-0.1, -0.05) is 47.5 Å². The van der Waals surface area contributed by atoms with Crippen LogP contribution in [0.3, 0.4) is 0 Å². The first-order valence-electron chi connectivity index (χ1n) is 10.2. The lowest BCUT2D eigenvalue weighted by atomic mass is 10.0. The van der Waals surface area contributed by atoms with Crippen molar-refractivity contribution in [2.75, 3.05) is 20.6 Å². The van der Waals surface area contributed by atoms with Crippen LogP contribution in [0.2, 0.25) is 10.0 Å². The van der Waals surface area contributed by atoms with Crippen LogP contribution in [0.4, 0.5) is 0 Å². The number of rotatable bonds is 8. The van der Waals surface area contributed by atoms with Crippen LogP contribution < -0.4 is 5.32 Å². The zero-order chi connectivity index (χ0) is 22.5. The zero-order valence-electron chi connectivity index (χ0n) is 18.3. The Labute approximate surface area is 194 Å². The summed E-state index contributed by atoms with van der Waals surface area (Å²) in [6.45, 7) is 5.24. The number of aryl methyl sites for hydroxylation is 1. The average molecular weight is 459 g/mol. The molecule has 0 radical (unpaired) electrons. The molecule has 2 aromatic carbocycles. The van der Waals surface area contributed by atoms with Gasteiger partial charge in [-0.3, -0.25) is 9.48 Å². The molecule has 3 aromatic rings. The highest BCUT2D eigenvalue weighted by Gasteiger charge is 2.17. The van der Waals surface area contributed by atoms with Crippen molar-refractivity contribution < 1.29 is 4.79 Å². The van der Waals surface area contributed by atoms with Gasteiger partial charge in [0.2, 0.25) is 0 Å². The highest BCUT2D eigenvalue weighted by Crippen LogP contribution is 2.22. The summed E-state index contributed by atoms with van der Waals surface area (Å²) < 4.78 is 1.86. The molecule has 0 fully saturated rings. The molecule has 0 aliphatic carbocycles. The predicted octanol–water partition coefficient (Wildman–Crippen LogP) is 5.28. The Morgan fingerprint density at radius 3 is 2.45 bits per heavy atom. The van der Waals surface area contributed by atoms with Crippen molar-refractivity contribution in [1.82, 2.24) is 20.0 Å². The first kappa shape index (κ1) is 23.3. The Morgan fingerprint density at radius 2 is 1.84 bits per heavy atom. The minimum absolute atomic E-state index is 0.105. The lowest BCUT2D eigenvalue weighted by molar-refractivity contribution is 0.0932. The van der Waals surface area contributed by atoms with E-state index in [4.69, 9.17) is 23.2 Å².